The molecule has 2 amide bonds. The fourth-order valence-corrected chi connectivity index (χ4v) is 1.59. The Kier molecular flexibility index (Phi) is 5.46. The molecule has 0 fully saturated rings. The lowest BCUT2D eigenvalue weighted by Gasteiger charge is -2.20. The molecule has 0 spiro atoms. The van der Waals surface area contributed by atoms with Gasteiger partial charge in [0.1, 0.15) is 5.75 Å². The molecule has 0 aromatic heterocycles. The number of phenols is 1. The number of aromatic hydroxyl groups is 1. The summed E-state index contributed by atoms with van der Waals surface area (Å²) in [6, 6.07) is 5.94. The SMILES string of the molecule is C/C(CC(=O)NC(C)(C)C)=N/NC(=O)c1cccc(O)c1. The number of carbonyl (C=O) groups excluding carboxylic acids is 2. The monoisotopic (exact) mass is 291 g/mol. The van der Waals surface area contributed by atoms with Crippen molar-refractivity contribution < 1.29 is 14.7 Å². The van der Waals surface area contributed by atoms with E-state index in [1.165, 1.54) is 12.1 Å². The van der Waals surface area contributed by atoms with Crippen molar-refractivity contribution in [1.29, 1.82) is 0 Å². The van der Waals surface area contributed by atoms with Gasteiger partial charge in [-0.1, -0.05) is 6.07 Å². The number of nitrogens with one attached hydrogen (secondary N) is 2. The second-order valence-electron chi connectivity index (χ2n) is 5.81. The summed E-state index contributed by atoms with van der Waals surface area (Å²) < 4.78 is 0. The number of amides is 2. The predicted molar refractivity (Wildman–Crippen MR) is 81.2 cm³/mol. The second kappa shape index (κ2) is 6.88. The fraction of sp³-hybridized carbons (Fsp3) is 0.400. The molecule has 0 unspecified atom stereocenters. The highest BCUT2D eigenvalue weighted by Crippen LogP contribution is 2.10. The van der Waals surface area contributed by atoms with E-state index in [0.717, 1.165) is 0 Å². The standard InChI is InChI=1S/C15H21N3O3/c1-10(8-13(20)16-15(2,3)4)17-18-14(21)11-6-5-7-12(19)9-11/h5-7,9,19H,8H2,1-4H3,(H,16,20)(H,18,21)/b17-10-. The average Bonchev–Trinajstić information content (AvgIpc) is 2.33. The highest BCUT2D eigenvalue weighted by Gasteiger charge is 2.14. The number of nitrogens with zero attached hydrogens (tertiary/aromatic N) is 1. The number of hydrogen-bond donors (Lipinski definition) is 3. The van der Waals surface area contributed by atoms with Crippen molar-refractivity contribution in [2.75, 3.05) is 0 Å². The smallest absolute Gasteiger partial charge is 0.271 e. The van der Waals surface area contributed by atoms with Crippen LogP contribution in [0.15, 0.2) is 29.4 Å². The summed E-state index contributed by atoms with van der Waals surface area (Å²) >= 11 is 0. The Morgan fingerprint density at radius 2 is 1.95 bits per heavy atom. The Labute approximate surface area is 124 Å². The van der Waals surface area contributed by atoms with E-state index in [9.17, 15) is 14.7 Å². The zero-order valence-corrected chi connectivity index (χ0v) is 12.7. The molecule has 21 heavy (non-hydrogen) atoms. The van der Waals surface area contributed by atoms with Crippen LogP contribution in [0, 0.1) is 0 Å². The van der Waals surface area contributed by atoms with E-state index in [-0.39, 0.29) is 23.6 Å². The molecular formula is C15H21N3O3. The van der Waals surface area contributed by atoms with Gasteiger partial charge >= 0.3 is 0 Å². The number of hydrazone groups is 1. The summed E-state index contributed by atoms with van der Waals surface area (Å²) in [5.41, 5.74) is 2.84. The van der Waals surface area contributed by atoms with E-state index in [1.807, 2.05) is 20.8 Å². The predicted octanol–water partition coefficient (Wildman–Crippen LogP) is 1.80. The first-order valence-corrected chi connectivity index (χ1v) is 6.61. The highest BCUT2D eigenvalue weighted by atomic mass is 16.3. The van der Waals surface area contributed by atoms with Gasteiger partial charge in [0.25, 0.3) is 5.91 Å². The normalized spacial score (nSPS) is 11.9. The first-order valence-electron chi connectivity index (χ1n) is 6.61. The van der Waals surface area contributed by atoms with Crippen LogP contribution in [0.4, 0.5) is 0 Å². The van der Waals surface area contributed by atoms with Crippen LogP contribution >= 0.6 is 0 Å². The summed E-state index contributed by atoms with van der Waals surface area (Å²) in [5, 5.41) is 16.0. The molecule has 0 heterocycles. The van der Waals surface area contributed by atoms with Gasteiger partial charge in [-0.05, 0) is 45.9 Å². The minimum Gasteiger partial charge on any atom is -0.508 e. The van der Waals surface area contributed by atoms with Crippen molar-refractivity contribution in [2.24, 2.45) is 5.10 Å². The summed E-state index contributed by atoms with van der Waals surface area (Å²) in [4.78, 5) is 23.5. The van der Waals surface area contributed by atoms with Gasteiger partial charge in [0.2, 0.25) is 5.91 Å². The first kappa shape index (κ1) is 16.7. The van der Waals surface area contributed by atoms with E-state index < -0.39 is 5.91 Å². The summed E-state index contributed by atoms with van der Waals surface area (Å²) in [6.45, 7) is 7.33. The molecular weight excluding hydrogens is 270 g/mol. The maximum absolute atomic E-state index is 11.8. The average molecular weight is 291 g/mol. The van der Waals surface area contributed by atoms with Gasteiger partial charge in [-0.15, -0.1) is 0 Å². The van der Waals surface area contributed by atoms with Crippen molar-refractivity contribution in [3.8, 4) is 5.75 Å². The van der Waals surface area contributed by atoms with Crippen molar-refractivity contribution in [3.63, 3.8) is 0 Å². The van der Waals surface area contributed by atoms with Crippen LogP contribution in [0.3, 0.4) is 0 Å². The van der Waals surface area contributed by atoms with Crippen molar-refractivity contribution in [2.45, 2.75) is 39.7 Å². The molecule has 6 heteroatoms. The van der Waals surface area contributed by atoms with Crippen LogP contribution in [-0.4, -0.2) is 28.2 Å². The molecule has 3 N–H and O–H groups in total. The minimum absolute atomic E-state index is 0.00732. The highest BCUT2D eigenvalue weighted by molar-refractivity contribution is 6.01. The molecule has 0 aliphatic rings. The molecule has 0 aliphatic heterocycles. The van der Waals surface area contributed by atoms with Gasteiger partial charge in [-0.25, -0.2) is 5.43 Å². The third-order valence-electron chi connectivity index (χ3n) is 2.39. The first-order chi connectivity index (χ1) is 9.67. The molecule has 0 saturated carbocycles. The quantitative estimate of drug-likeness (QED) is 0.583. The molecule has 0 atom stereocenters. The Balaban J connectivity index is 2.56. The van der Waals surface area contributed by atoms with Crippen LogP contribution in [0.5, 0.6) is 5.75 Å². The van der Waals surface area contributed by atoms with E-state index in [0.29, 0.717) is 11.3 Å². The molecule has 1 aromatic carbocycles. The largest absolute Gasteiger partial charge is 0.508 e. The topological polar surface area (TPSA) is 90.8 Å². The Bertz CT molecular complexity index is 560. The van der Waals surface area contributed by atoms with Crippen molar-refractivity contribution >= 4 is 17.5 Å². The zero-order valence-electron chi connectivity index (χ0n) is 12.7. The fourth-order valence-electron chi connectivity index (χ4n) is 1.59. The third kappa shape index (κ3) is 6.56. The lowest BCUT2D eigenvalue weighted by Crippen LogP contribution is -2.41. The van der Waals surface area contributed by atoms with Crippen molar-refractivity contribution in [1.82, 2.24) is 10.7 Å². The number of carbonyl (C=O) groups is 2. The molecule has 0 radical (unpaired) electrons. The van der Waals surface area contributed by atoms with Crippen molar-refractivity contribution in [3.05, 3.63) is 29.8 Å². The lowest BCUT2D eigenvalue weighted by molar-refractivity contribution is -0.121. The van der Waals surface area contributed by atoms with E-state index >= 15 is 0 Å². The summed E-state index contributed by atoms with van der Waals surface area (Å²) in [5.74, 6) is -0.593. The van der Waals surface area contributed by atoms with Crippen LogP contribution in [-0.2, 0) is 4.79 Å². The van der Waals surface area contributed by atoms with Crippen LogP contribution < -0.4 is 10.7 Å². The number of hydrogen-bond acceptors (Lipinski definition) is 4. The second-order valence-corrected chi connectivity index (χ2v) is 5.81. The molecule has 0 aliphatic carbocycles. The van der Waals surface area contributed by atoms with Gasteiger partial charge in [-0.3, -0.25) is 9.59 Å². The van der Waals surface area contributed by atoms with Gasteiger partial charge < -0.3 is 10.4 Å². The molecule has 114 valence electrons. The Morgan fingerprint density at radius 1 is 1.29 bits per heavy atom. The van der Waals surface area contributed by atoms with E-state index in [2.05, 4.69) is 15.8 Å². The van der Waals surface area contributed by atoms with E-state index in [1.54, 1.807) is 19.1 Å². The third-order valence-corrected chi connectivity index (χ3v) is 2.39. The molecule has 1 rings (SSSR count). The minimum atomic E-state index is -0.443. The van der Waals surface area contributed by atoms with E-state index in [4.69, 9.17) is 0 Å². The van der Waals surface area contributed by atoms with Crippen LogP contribution in [0.2, 0.25) is 0 Å². The number of phenolic OH excluding ortho intramolecular Hbond substituents is 1. The molecule has 1 aromatic rings. The molecule has 6 nitrogen and oxygen atoms in total. The number of rotatable bonds is 4. The maximum Gasteiger partial charge on any atom is 0.271 e. The van der Waals surface area contributed by atoms with Gasteiger partial charge in [0, 0.05) is 16.8 Å². The Hall–Kier alpha value is -2.37. The summed E-state index contributed by atoms with van der Waals surface area (Å²) in [7, 11) is 0. The summed E-state index contributed by atoms with van der Waals surface area (Å²) in [6.07, 6.45) is 0.109. The van der Waals surface area contributed by atoms with Gasteiger partial charge in [0.05, 0.1) is 6.42 Å². The molecule has 0 saturated heterocycles. The number of benzene rings is 1. The van der Waals surface area contributed by atoms with Crippen LogP contribution in [0.1, 0.15) is 44.5 Å². The van der Waals surface area contributed by atoms with Crippen LogP contribution in [0.25, 0.3) is 0 Å². The Morgan fingerprint density at radius 3 is 2.52 bits per heavy atom. The van der Waals surface area contributed by atoms with Gasteiger partial charge in [0.15, 0.2) is 0 Å². The van der Waals surface area contributed by atoms with Gasteiger partial charge in [-0.2, -0.15) is 5.10 Å². The maximum atomic E-state index is 11.8. The zero-order chi connectivity index (χ0) is 16.0. The lowest BCUT2D eigenvalue weighted by atomic mass is 10.1. The molecule has 0 bridgehead atoms.